The molecule has 1 aromatic rings. The zero-order valence-electron chi connectivity index (χ0n) is 13.4. The van der Waals surface area contributed by atoms with Gasteiger partial charge in [-0.05, 0) is 33.0 Å². The van der Waals surface area contributed by atoms with Gasteiger partial charge in [0.05, 0.1) is 6.04 Å². The number of hydrogen-bond acceptors (Lipinski definition) is 2. The maximum Gasteiger partial charge on any atom is 0.191 e. The van der Waals surface area contributed by atoms with Gasteiger partial charge in [-0.1, -0.05) is 36.8 Å². The molecule has 0 saturated carbocycles. The van der Waals surface area contributed by atoms with Crippen molar-refractivity contribution in [2.45, 2.75) is 26.3 Å². The molecule has 1 aromatic carbocycles. The molecule has 112 valence electrons. The molecule has 1 rings (SSSR count). The standard InChI is InChI=1S/C16H28N4/c1-6-11-18-16(17-3)19-12-15(20(4)5)14-9-7-13(2)8-10-14/h7-10,15H,6,11-12H2,1-5H3,(H2,17,18,19). The molecule has 0 aromatic heterocycles. The van der Waals surface area contributed by atoms with E-state index < -0.39 is 0 Å². The molecule has 4 nitrogen and oxygen atoms in total. The fourth-order valence-corrected chi connectivity index (χ4v) is 2.04. The van der Waals surface area contributed by atoms with Crippen LogP contribution in [0.2, 0.25) is 0 Å². The third-order valence-corrected chi connectivity index (χ3v) is 3.31. The van der Waals surface area contributed by atoms with Crippen LogP contribution in [0.15, 0.2) is 29.3 Å². The van der Waals surface area contributed by atoms with Crippen LogP contribution >= 0.6 is 0 Å². The average Bonchev–Trinajstić information content (AvgIpc) is 2.44. The summed E-state index contributed by atoms with van der Waals surface area (Å²) in [5.41, 5.74) is 2.61. The van der Waals surface area contributed by atoms with Gasteiger partial charge in [0.2, 0.25) is 0 Å². The summed E-state index contributed by atoms with van der Waals surface area (Å²) in [7, 11) is 6.02. The highest BCUT2D eigenvalue weighted by atomic mass is 15.2. The van der Waals surface area contributed by atoms with Crippen molar-refractivity contribution in [2.75, 3.05) is 34.2 Å². The average molecular weight is 276 g/mol. The summed E-state index contributed by atoms with van der Waals surface area (Å²) in [6, 6.07) is 9.05. The first-order valence-electron chi connectivity index (χ1n) is 7.26. The molecule has 0 spiro atoms. The normalized spacial score (nSPS) is 13.4. The Morgan fingerprint density at radius 3 is 2.35 bits per heavy atom. The maximum atomic E-state index is 4.24. The maximum absolute atomic E-state index is 4.24. The van der Waals surface area contributed by atoms with Crippen LogP contribution in [0, 0.1) is 6.92 Å². The number of benzene rings is 1. The predicted molar refractivity (Wildman–Crippen MR) is 87.3 cm³/mol. The molecule has 1 atom stereocenters. The minimum Gasteiger partial charge on any atom is -0.356 e. The number of hydrogen-bond donors (Lipinski definition) is 2. The number of likely N-dealkylation sites (N-methyl/N-ethyl adjacent to an activating group) is 1. The Morgan fingerprint density at radius 2 is 1.85 bits per heavy atom. The van der Waals surface area contributed by atoms with Crippen molar-refractivity contribution in [1.82, 2.24) is 15.5 Å². The van der Waals surface area contributed by atoms with Gasteiger partial charge in [0, 0.05) is 20.1 Å². The first-order chi connectivity index (χ1) is 9.58. The minimum absolute atomic E-state index is 0.329. The van der Waals surface area contributed by atoms with Gasteiger partial charge in [-0.3, -0.25) is 4.99 Å². The third kappa shape index (κ3) is 5.21. The van der Waals surface area contributed by atoms with Crippen LogP contribution in [-0.4, -0.2) is 45.1 Å². The number of guanidine groups is 1. The highest BCUT2D eigenvalue weighted by Gasteiger charge is 2.14. The number of rotatable bonds is 6. The molecule has 0 bridgehead atoms. The second kappa shape index (κ2) is 8.59. The molecule has 0 aliphatic rings. The lowest BCUT2D eigenvalue weighted by atomic mass is 10.0. The van der Waals surface area contributed by atoms with Crippen LogP contribution in [0.4, 0.5) is 0 Å². The topological polar surface area (TPSA) is 39.7 Å². The van der Waals surface area contributed by atoms with E-state index in [4.69, 9.17) is 0 Å². The Kier molecular flexibility index (Phi) is 7.09. The fourth-order valence-electron chi connectivity index (χ4n) is 2.04. The summed E-state index contributed by atoms with van der Waals surface area (Å²) < 4.78 is 0. The Morgan fingerprint density at radius 1 is 1.20 bits per heavy atom. The quantitative estimate of drug-likeness (QED) is 0.618. The Hall–Kier alpha value is -1.55. The zero-order valence-corrected chi connectivity index (χ0v) is 13.4. The minimum atomic E-state index is 0.329. The highest BCUT2D eigenvalue weighted by molar-refractivity contribution is 5.79. The van der Waals surface area contributed by atoms with Gasteiger partial charge < -0.3 is 15.5 Å². The molecule has 4 heteroatoms. The Balaban J connectivity index is 2.66. The van der Waals surface area contributed by atoms with E-state index in [9.17, 15) is 0 Å². The highest BCUT2D eigenvalue weighted by Crippen LogP contribution is 2.17. The van der Waals surface area contributed by atoms with E-state index in [1.54, 1.807) is 0 Å². The summed E-state index contributed by atoms with van der Waals surface area (Å²) in [6.07, 6.45) is 1.09. The van der Waals surface area contributed by atoms with Gasteiger partial charge in [0.1, 0.15) is 0 Å². The molecule has 2 N–H and O–H groups in total. The smallest absolute Gasteiger partial charge is 0.191 e. The lowest BCUT2D eigenvalue weighted by Crippen LogP contribution is -2.41. The van der Waals surface area contributed by atoms with E-state index >= 15 is 0 Å². The third-order valence-electron chi connectivity index (χ3n) is 3.31. The lowest BCUT2D eigenvalue weighted by Gasteiger charge is -2.26. The van der Waals surface area contributed by atoms with Crippen LogP contribution in [0.5, 0.6) is 0 Å². The van der Waals surface area contributed by atoms with Crippen LogP contribution in [0.1, 0.15) is 30.5 Å². The number of nitrogens with one attached hydrogen (secondary N) is 2. The van der Waals surface area contributed by atoms with E-state index in [0.29, 0.717) is 6.04 Å². The molecule has 1 unspecified atom stereocenters. The molecule has 0 radical (unpaired) electrons. The van der Waals surface area contributed by atoms with Crippen molar-refractivity contribution in [3.63, 3.8) is 0 Å². The molecule has 20 heavy (non-hydrogen) atoms. The van der Waals surface area contributed by atoms with Crippen molar-refractivity contribution in [3.05, 3.63) is 35.4 Å². The van der Waals surface area contributed by atoms with Gasteiger partial charge in [0.15, 0.2) is 5.96 Å². The Bertz CT molecular complexity index is 409. The van der Waals surface area contributed by atoms with E-state index in [1.807, 2.05) is 7.05 Å². The van der Waals surface area contributed by atoms with Crippen LogP contribution < -0.4 is 10.6 Å². The summed E-state index contributed by atoms with van der Waals surface area (Å²) in [6.45, 7) is 6.04. The van der Waals surface area contributed by atoms with Crippen LogP contribution in [0.25, 0.3) is 0 Å². The summed E-state index contributed by atoms with van der Waals surface area (Å²) in [4.78, 5) is 6.47. The van der Waals surface area contributed by atoms with Gasteiger partial charge in [-0.15, -0.1) is 0 Å². The molecule has 0 fully saturated rings. The summed E-state index contributed by atoms with van der Waals surface area (Å²) in [5, 5.41) is 6.69. The molecule has 0 saturated heterocycles. The molecule has 0 amide bonds. The Labute approximate surface area is 123 Å². The van der Waals surface area contributed by atoms with E-state index in [1.165, 1.54) is 11.1 Å². The van der Waals surface area contributed by atoms with E-state index in [-0.39, 0.29) is 0 Å². The molecule has 0 aliphatic carbocycles. The summed E-state index contributed by atoms with van der Waals surface area (Å²) >= 11 is 0. The van der Waals surface area contributed by atoms with Gasteiger partial charge in [-0.25, -0.2) is 0 Å². The van der Waals surface area contributed by atoms with Gasteiger partial charge in [0.25, 0.3) is 0 Å². The first-order valence-corrected chi connectivity index (χ1v) is 7.26. The van der Waals surface area contributed by atoms with Crippen molar-refractivity contribution >= 4 is 5.96 Å². The fraction of sp³-hybridized carbons (Fsp3) is 0.562. The SMILES string of the molecule is CCCNC(=NC)NCC(c1ccc(C)cc1)N(C)C. The number of aliphatic imine (C=N–C) groups is 1. The van der Waals surface area contributed by atoms with Crippen molar-refractivity contribution in [3.8, 4) is 0 Å². The largest absolute Gasteiger partial charge is 0.356 e. The zero-order chi connectivity index (χ0) is 15.0. The molecular formula is C16H28N4. The van der Waals surface area contributed by atoms with Gasteiger partial charge in [-0.2, -0.15) is 0 Å². The van der Waals surface area contributed by atoms with E-state index in [0.717, 1.165) is 25.5 Å². The number of aryl methyl sites for hydroxylation is 1. The van der Waals surface area contributed by atoms with Crippen LogP contribution in [-0.2, 0) is 0 Å². The van der Waals surface area contributed by atoms with Crippen molar-refractivity contribution in [2.24, 2.45) is 4.99 Å². The summed E-state index contributed by atoms with van der Waals surface area (Å²) in [5.74, 6) is 0.866. The van der Waals surface area contributed by atoms with Crippen molar-refractivity contribution < 1.29 is 0 Å². The molecule has 0 aliphatic heterocycles. The second-order valence-electron chi connectivity index (χ2n) is 5.27. The molecular weight excluding hydrogens is 248 g/mol. The second-order valence-corrected chi connectivity index (χ2v) is 5.27. The molecule has 0 heterocycles. The lowest BCUT2D eigenvalue weighted by molar-refractivity contribution is 0.298. The van der Waals surface area contributed by atoms with Crippen LogP contribution in [0.3, 0.4) is 0 Å². The van der Waals surface area contributed by atoms with Gasteiger partial charge >= 0.3 is 0 Å². The number of nitrogens with zero attached hydrogens (tertiary/aromatic N) is 2. The first kappa shape index (κ1) is 16.5. The predicted octanol–water partition coefficient (Wildman–Crippen LogP) is 2.17. The van der Waals surface area contributed by atoms with E-state index in [2.05, 4.69) is 72.7 Å². The monoisotopic (exact) mass is 276 g/mol. The van der Waals surface area contributed by atoms with Crippen molar-refractivity contribution in [1.29, 1.82) is 0 Å².